The number of hydrogen-bond acceptors (Lipinski definition) is 2. The number of nitrogens with zero attached hydrogens (tertiary/aromatic N) is 1. The highest BCUT2D eigenvalue weighted by Gasteiger charge is 2.39. The third-order valence-electron chi connectivity index (χ3n) is 4.64. The molecule has 92 valence electrons. The number of carbonyl (C=O) groups excluding carboxylic acids is 1. The zero-order chi connectivity index (χ0) is 11.7. The number of hydrogen-bond donors (Lipinski definition) is 1. The molecular formula is C13H24N2O. The van der Waals surface area contributed by atoms with Crippen molar-refractivity contribution < 1.29 is 4.79 Å². The lowest BCUT2D eigenvalue weighted by Gasteiger charge is -2.38. The van der Waals surface area contributed by atoms with Crippen LogP contribution in [0.1, 0.15) is 39.5 Å². The van der Waals surface area contributed by atoms with Crippen LogP contribution in [0.15, 0.2) is 0 Å². The first kappa shape index (κ1) is 11.9. The Morgan fingerprint density at radius 2 is 2.00 bits per heavy atom. The molecule has 4 unspecified atom stereocenters. The number of likely N-dealkylation sites (tertiary alicyclic amines) is 1. The summed E-state index contributed by atoms with van der Waals surface area (Å²) in [4.78, 5) is 14.4. The Labute approximate surface area is 98.6 Å². The lowest BCUT2D eigenvalue weighted by atomic mass is 9.94. The Morgan fingerprint density at radius 3 is 2.56 bits per heavy atom. The van der Waals surface area contributed by atoms with Crippen LogP contribution in [0.5, 0.6) is 0 Å². The van der Waals surface area contributed by atoms with Crippen LogP contribution in [-0.2, 0) is 4.79 Å². The molecule has 1 saturated heterocycles. The van der Waals surface area contributed by atoms with E-state index in [0.29, 0.717) is 17.9 Å². The second-order valence-electron chi connectivity index (χ2n) is 5.50. The number of likely N-dealkylation sites (N-methyl/N-ethyl adjacent to an activating group) is 1. The van der Waals surface area contributed by atoms with Gasteiger partial charge in [-0.1, -0.05) is 13.8 Å². The number of carbonyl (C=O) groups is 1. The van der Waals surface area contributed by atoms with Crippen LogP contribution in [-0.4, -0.2) is 36.5 Å². The molecule has 2 aliphatic rings. The van der Waals surface area contributed by atoms with Gasteiger partial charge in [-0.15, -0.1) is 0 Å². The average Bonchev–Trinajstić information content (AvgIpc) is 2.61. The molecular weight excluding hydrogens is 200 g/mol. The molecule has 0 spiro atoms. The van der Waals surface area contributed by atoms with Gasteiger partial charge in [-0.3, -0.25) is 4.79 Å². The first-order valence-corrected chi connectivity index (χ1v) is 6.63. The highest BCUT2D eigenvalue weighted by atomic mass is 16.2. The number of rotatable bonds is 2. The minimum atomic E-state index is 0.0665. The molecule has 0 aromatic rings. The zero-order valence-electron chi connectivity index (χ0n) is 10.7. The summed E-state index contributed by atoms with van der Waals surface area (Å²) in [7, 11) is 1.90. The van der Waals surface area contributed by atoms with Gasteiger partial charge in [0.15, 0.2) is 0 Å². The van der Waals surface area contributed by atoms with Crippen molar-refractivity contribution in [2.24, 2.45) is 11.8 Å². The van der Waals surface area contributed by atoms with Crippen molar-refractivity contribution in [3.05, 3.63) is 0 Å². The smallest absolute Gasteiger partial charge is 0.239 e. The van der Waals surface area contributed by atoms with E-state index in [1.807, 2.05) is 7.05 Å². The van der Waals surface area contributed by atoms with Crippen LogP contribution in [0.3, 0.4) is 0 Å². The Bertz CT molecular complexity index is 267. The van der Waals surface area contributed by atoms with Crippen LogP contribution in [0.4, 0.5) is 0 Å². The summed E-state index contributed by atoms with van der Waals surface area (Å²) in [6, 6.07) is 0.565. The fourth-order valence-corrected chi connectivity index (χ4v) is 3.28. The molecule has 0 aromatic carbocycles. The highest BCUT2D eigenvalue weighted by molar-refractivity contribution is 5.83. The van der Waals surface area contributed by atoms with Gasteiger partial charge in [0.25, 0.3) is 0 Å². The molecule has 2 rings (SSSR count). The summed E-state index contributed by atoms with van der Waals surface area (Å²) in [5, 5.41) is 3.14. The largest absolute Gasteiger partial charge is 0.338 e. The van der Waals surface area contributed by atoms with E-state index in [1.165, 1.54) is 12.8 Å². The number of amides is 1. The van der Waals surface area contributed by atoms with E-state index in [4.69, 9.17) is 0 Å². The molecule has 0 bridgehead atoms. The summed E-state index contributed by atoms with van der Waals surface area (Å²) in [6.07, 6.45) is 4.63. The maximum absolute atomic E-state index is 12.3. The van der Waals surface area contributed by atoms with Crippen molar-refractivity contribution in [1.82, 2.24) is 10.2 Å². The van der Waals surface area contributed by atoms with E-state index in [0.717, 1.165) is 25.3 Å². The van der Waals surface area contributed by atoms with Crippen molar-refractivity contribution in [2.45, 2.75) is 51.6 Å². The second kappa shape index (κ2) is 4.74. The van der Waals surface area contributed by atoms with E-state index < -0.39 is 0 Å². The van der Waals surface area contributed by atoms with E-state index >= 15 is 0 Å². The molecule has 1 saturated carbocycles. The quantitative estimate of drug-likeness (QED) is 0.773. The topological polar surface area (TPSA) is 32.3 Å². The number of nitrogens with one attached hydrogen (secondary N) is 1. The summed E-state index contributed by atoms with van der Waals surface area (Å²) >= 11 is 0. The van der Waals surface area contributed by atoms with E-state index in [9.17, 15) is 4.79 Å². The number of piperidine rings is 1. The second-order valence-corrected chi connectivity index (χ2v) is 5.50. The van der Waals surface area contributed by atoms with Crippen molar-refractivity contribution in [1.29, 1.82) is 0 Å². The summed E-state index contributed by atoms with van der Waals surface area (Å²) < 4.78 is 0. The maximum Gasteiger partial charge on any atom is 0.239 e. The maximum atomic E-state index is 12.3. The summed E-state index contributed by atoms with van der Waals surface area (Å²) in [5.41, 5.74) is 0. The minimum absolute atomic E-state index is 0.0665. The van der Waals surface area contributed by atoms with Crippen molar-refractivity contribution in [3.63, 3.8) is 0 Å². The summed E-state index contributed by atoms with van der Waals surface area (Å²) in [6.45, 7) is 5.59. The van der Waals surface area contributed by atoms with E-state index in [2.05, 4.69) is 24.1 Å². The third kappa shape index (κ3) is 1.97. The molecule has 1 aliphatic heterocycles. The van der Waals surface area contributed by atoms with Crippen LogP contribution < -0.4 is 5.32 Å². The lowest BCUT2D eigenvalue weighted by molar-refractivity contribution is -0.139. The van der Waals surface area contributed by atoms with Gasteiger partial charge in [0.1, 0.15) is 0 Å². The minimum Gasteiger partial charge on any atom is -0.338 e. The standard InChI is InChI=1S/C13H24N2O/c1-9-6-7-12(10(9)2)15-8-4-5-11(14-3)13(15)16/h9-12,14H,4-8H2,1-3H3. The van der Waals surface area contributed by atoms with Gasteiger partial charge >= 0.3 is 0 Å². The molecule has 2 fully saturated rings. The summed E-state index contributed by atoms with van der Waals surface area (Å²) in [5.74, 6) is 1.77. The van der Waals surface area contributed by atoms with Gasteiger partial charge in [-0.2, -0.15) is 0 Å². The van der Waals surface area contributed by atoms with Gasteiger partial charge in [0.2, 0.25) is 5.91 Å². The zero-order valence-corrected chi connectivity index (χ0v) is 10.7. The third-order valence-corrected chi connectivity index (χ3v) is 4.64. The molecule has 0 radical (unpaired) electrons. The molecule has 3 nitrogen and oxygen atoms in total. The van der Waals surface area contributed by atoms with Crippen molar-refractivity contribution in [3.8, 4) is 0 Å². The highest BCUT2D eigenvalue weighted by Crippen LogP contribution is 2.36. The van der Waals surface area contributed by atoms with E-state index in [-0.39, 0.29) is 6.04 Å². The Hall–Kier alpha value is -0.570. The van der Waals surface area contributed by atoms with Crippen LogP contribution in [0, 0.1) is 11.8 Å². The lowest BCUT2D eigenvalue weighted by Crippen LogP contribution is -2.54. The average molecular weight is 224 g/mol. The fourth-order valence-electron chi connectivity index (χ4n) is 3.28. The fraction of sp³-hybridized carbons (Fsp3) is 0.923. The molecule has 1 aliphatic carbocycles. The Balaban J connectivity index is 2.06. The Kier molecular flexibility index (Phi) is 3.53. The molecule has 1 N–H and O–H groups in total. The monoisotopic (exact) mass is 224 g/mol. The van der Waals surface area contributed by atoms with Crippen molar-refractivity contribution >= 4 is 5.91 Å². The SMILES string of the molecule is CNC1CCCN(C2CCC(C)C2C)C1=O. The van der Waals surface area contributed by atoms with Gasteiger partial charge in [-0.25, -0.2) is 0 Å². The van der Waals surface area contributed by atoms with Crippen LogP contribution in [0.2, 0.25) is 0 Å². The predicted octanol–water partition coefficient (Wildman–Crippen LogP) is 1.63. The van der Waals surface area contributed by atoms with Crippen LogP contribution in [0.25, 0.3) is 0 Å². The first-order valence-electron chi connectivity index (χ1n) is 6.63. The van der Waals surface area contributed by atoms with Gasteiger partial charge in [0, 0.05) is 12.6 Å². The Morgan fingerprint density at radius 1 is 1.25 bits per heavy atom. The first-order chi connectivity index (χ1) is 7.65. The van der Waals surface area contributed by atoms with Gasteiger partial charge in [0.05, 0.1) is 6.04 Å². The molecule has 3 heteroatoms. The predicted molar refractivity (Wildman–Crippen MR) is 65.1 cm³/mol. The molecule has 1 amide bonds. The van der Waals surface area contributed by atoms with Crippen molar-refractivity contribution in [2.75, 3.05) is 13.6 Å². The van der Waals surface area contributed by atoms with Gasteiger partial charge in [-0.05, 0) is 44.6 Å². The van der Waals surface area contributed by atoms with Crippen LogP contribution >= 0.6 is 0 Å². The molecule has 4 atom stereocenters. The molecule has 1 heterocycles. The van der Waals surface area contributed by atoms with Gasteiger partial charge < -0.3 is 10.2 Å². The normalized spacial score (nSPS) is 40.4. The van der Waals surface area contributed by atoms with E-state index in [1.54, 1.807) is 0 Å². The molecule has 0 aromatic heterocycles. The molecule has 16 heavy (non-hydrogen) atoms.